The van der Waals surface area contributed by atoms with Crippen LogP contribution in [0.3, 0.4) is 0 Å². The summed E-state index contributed by atoms with van der Waals surface area (Å²) in [5, 5.41) is 12.3. The molecule has 3 rings (SSSR count). The van der Waals surface area contributed by atoms with E-state index < -0.39 is 0 Å². The second kappa shape index (κ2) is 7.70. The molecule has 0 saturated carbocycles. The zero-order chi connectivity index (χ0) is 18.6. The summed E-state index contributed by atoms with van der Waals surface area (Å²) >= 11 is 1.37. The van der Waals surface area contributed by atoms with Crippen molar-refractivity contribution in [1.29, 1.82) is 0 Å². The SMILES string of the molecule is CC(C)(C)NC(=O)CSc1nnc(-c2ccncc2)n1-c1ccccc1. The van der Waals surface area contributed by atoms with Gasteiger partial charge in [0.15, 0.2) is 11.0 Å². The van der Waals surface area contributed by atoms with Crippen LogP contribution in [0.15, 0.2) is 60.0 Å². The van der Waals surface area contributed by atoms with Gasteiger partial charge in [0.05, 0.1) is 5.75 Å². The Labute approximate surface area is 157 Å². The van der Waals surface area contributed by atoms with Gasteiger partial charge >= 0.3 is 0 Å². The summed E-state index contributed by atoms with van der Waals surface area (Å²) in [5.74, 6) is 0.964. The van der Waals surface area contributed by atoms with Gasteiger partial charge in [-0.3, -0.25) is 14.3 Å². The highest BCUT2D eigenvalue weighted by Crippen LogP contribution is 2.27. The summed E-state index contributed by atoms with van der Waals surface area (Å²) in [5.41, 5.74) is 1.61. The Morgan fingerprint density at radius 1 is 1.08 bits per heavy atom. The van der Waals surface area contributed by atoms with Gasteiger partial charge in [-0.25, -0.2) is 0 Å². The van der Waals surface area contributed by atoms with E-state index in [2.05, 4.69) is 20.5 Å². The first-order valence-corrected chi connectivity index (χ1v) is 9.28. The molecule has 1 N–H and O–H groups in total. The monoisotopic (exact) mass is 367 g/mol. The molecular formula is C19H21N5OS. The number of aromatic nitrogens is 4. The van der Waals surface area contributed by atoms with Crippen LogP contribution in [-0.4, -0.2) is 36.9 Å². The summed E-state index contributed by atoms with van der Waals surface area (Å²) in [7, 11) is 0. The maximum atomic E-state index is 12.2. The van der Waals surface area contributed by atoms with Gasteiger partial charge in [-0.15, -0.1) is 10.2 Å². The first kappa shape index (κ1) is 18.1. The topological polar surface area (TPSA) is 72.7 Å². The molecular weight excluding hydrogens is 346 g/mol. The second-order valence-corrected chi connectivity index (χ2v) is 7.74. The van der Waals surface area contributed by atoms with E-state index in [1.165, 1.54) is 11.8 Å². The average molecular weight is 367 g/mol. The Morgan fingerprint density at radius 3 is 2.42 bits per heavy atom. The van der Waals surface area contributed by atoms with Gasteiger partial charge in [-0.2, -0.15) is 0 Å². The van der Waals surface area contributed by atoms with Crippen molar-refractivity contribution in [2.45, 2.75) is 31.5 Å². The molecule has 0 saturated heterocycles. The van der Waals surface area contributed by atoms with Gasteiger partial charge in [0.2, 0.25) is 5.91 Å². The van der Waals surface area contributed by atoms with Gasteiger partial charge in [-0.1, -0.05) is 30.0 Å². The summed E-state index contributed by atoms with van der Waals surface area (Å²) in [6.45, 7) is 5.89. The van der Waals surface area contributed by atoms with E-state index in [0.717, 1.165) is 17.1 Å². The Kier molecular flexibility index (Phi) is 5.37. The van der Waals surface area contributed by atoms with Gasteiger partial charge in [-0.05, 0) is 45.0 Å². The number of para-hydroxylation sites is 1. The summed E-state index contributed by atoms with van der Waals surface area (Å²) < 4.78 is 1.96. The molecule has 0 radical (unpaired) electrons. The van der Waals surface area contributed by atoms with Crippen molar-refractivity contribution >= 4 is 17.7 Å². The fourth-order valence-electron chi connectivity index (χ4n) is 2.45. The van der Waals surface area contributed by atoms with E-state index in [1.54, 1.807) is 12.4 Å². The number of thioether (sulfide) groups is 1. The predicted octanol–water partition coefficient (Wildman–Crippen LogP) is 3.34. The van der Waals surface area contributed by atoms with E-state index in [9.17, 15) is 4.79 Å². The van der Waals surface area contributed by atoms with Crippen LogP contribution in [0.4, 0.5) is 0 Å². The maximum absolute atomic E-state index is 12.2. The largest absolute Gasteiger partial charge is 0.351 e. The molecule has 6 nitrogen and oxygen atoms in total. The Balaban J connectivity index is 1.91. The molecule has 2 heterocycles. The van der Waals surface area contributed by atoms with Crippen molar-refractivity contribution in [2.24, 2.45) is 0 Å². The number of carbonyl (C=O) groups excluding carboxylic acids is 1. The highest BCUT2D eigenvalue weighted by atomic mass is 32.2. The van der Waals surface area contributed by atoms with Gasteiger partial charge in [0.25, 0.3) is 0 Å². The van der Waals surface area contributed by atoms with Crippen LogP contribution in [0.25, 0.3) is 17.1 Å². The third-order valence-electron chi connectivity index (χ3n) is 3.43. The average Bonchev–Trinajstić information content (AvgIpc) is 3.04. The van der Waals surface area contributed by atoms with Crippen LogP contribution in [0.5, 0.6) is 0 Å². The number of carbonyl (C=O) groups is 1. The molecule has 0 bridgehead atoms. The van der Waals surface area contributed by atoms with E-state index in [-0.39, 0.29) is 17.2 Å². The lowest BCUT2D eigenvalue weighted by Gasteiger charge is -2.20. The van der Waals surface area contributed by atoms with Gasteiger partial charge < -0.3 is 5.32 Å². The minimum absolute atomic E-state index is 0.0319. The van der Waals surface area contributed by atoms with Crippen LogP contribution in [-0.2, 0) is 4.79 Å². The fraction of sp³-hybridized carbons (Fsp3) is 0.263. The van der Waals surface area contributed by atoms with Crippen LogP contribution in [0, 0.1) is 0 Å². The second-order valence-electron chi connectivity index (χ2n) is 6.80. The number of benzene rings is 1. The van der Waals surface area contributed by atoms with Crippen LogP contribution >= 0.6 is 11.8 Å². The molecule has 2 aromatic heterocycles. The molecule has 0 spiro atoms. The van der Waals surface area contributed by atoms with E-state index in [0.29, 0.717) is 5.16 Å². The maximum Gasteiger partial charge on any atom is 0.230 e. The fourth-order valence-corrected chi connectivity index (χ4v) is 3.20. The molecule has 3 aromatic rings. The molecule has 0 atom stereocenters. The summed E-state index contributed by atoms with van der Waals surface area (Å²) in [6, 6.07) is 13.7. The van der Waals surface area contributed by atoms with Crippen molar-refractivity contribution in [1.82, 2.24) is 25.1 Å². The van der Waals surface area contributed by atoms with Crippen LogP contribution in [0.2, 0.25) is 0 Å². The smallest absolute Gasteiger partial charge is 0.230 e. The third-order valence-corrected chi connectivity index (χ3v) is 4.36. The molecule has 1 amide bonds. The molecule has 0 fully saturated rings. The zero-order valence-electron chi connectivity index (χ0n) is 15.0. The van der Waals surface area contributed by atoms with Crippen LogP contribution in [0.1, 0.15) is 20.8 Å². The molecule has 7 heteroatoms. The third kappa shape index (κ3) is 4.49. The Bertz CT molecular complexity index is 872. The standard InChI is InChI=1S/C19H21N5OS/c1-19(2,3)21-16(25)13-26-18-23-22-17(14-9-11-20-12-10-14)24(18)15-7-5-4-6-8-15/h4-12H,13H2,1-3H3,(H,21,25). The lowest BCUT2D eigenvalue weighted by Crippen LogP contribution is -2.41. The molecule has 0 aliphatic carbocycles. The molecule has 0 aliphatic rings. The molecule has 134 valence electrons. The highest BCUT2D eigenvalue weighted by Gasteiger charge is 2.19. The first-order valence-electron chi connectivity index (χ1n) is 8.29. The Morgan fingerprint density at radius 2 is 1.77 bits per heavy atom. The normalized spacial score (nSPS) is 11.3. The van der Waals surface area contributed by atoms with Crippen molar-refractivity contribution < 1.29 is 4.79 Å². The molecule has 0 unspecified atom stereocenters. The minimum atomic E-state index is -0.257. The number of hydrogen-bond acceptors (Lipinski definition) is 5. The van der Waals surface area contributed by atoms with E-state index in [1.807, 2.05) is 67.8 Å². The lowest BCUT2D eigenvalue weighted by atomic mass is 10.1. The zero-order valence-corrected chi connectivity index (χ0v) is 15.8. The minimum Gasteiger partial charge on any atom is -0.351 e. The van der Waals surface area contributed by atoms with Crippen molar-refractivity contribution in [3.8, 4) is 17.1 Å². The van der Waals surface area contributed by atoms with Crippen molar-refractivity contribution in [2.75, 3.05) is 5.75 Å². The number of nitrogens with zero attached hydrogens (tertiary/aromatic N) is 4. The number of nitrogens with one attached hydrogen (secondary N) is 1. The quantitative estimate of drug-likeness (QED) is 0.700. The van der Waals surface area contributed by atoms with E-state index in [4.69, 9.17) is 0 Å². The predicted molar refractivity (Wildman–Crippen MR) is 103 cm³/mol. The number of rotatable bonds is 5. The highest BCUT2D eigenvalue weighted by molar-refractivity contribution is 7.99. The van der Waals surface area contributed by atoms with Crippen LogP contribution < -0.4 is 5.32 Å². The van der Waals surface area contributed by atoms with Gasteiger partial charge in [0, 0.05) is 29.2 Å². The molecule has 0 aliphatic heterocycles. The summed E-state index contributed by atoms with van der Waals surface area (Å²) in [6.07, 6.45) is 3.45. The molecule has 1 aromatic carbocycles. The van der Waals surface area contributed by atoms with Crippen molar-refractivity contribution in [3.05, 3.63) is 54.9 Å². The molecule has 26 heavy (non-hydrogen) atoms. The lowest BCUT2D eigenvalue weighted by molar-refractivity contribution is -0.119. The van der Waals surface area contributed by atoms with E-state index >= 15 is 0 Å². The first-order chi connectivity index (χ1) is 12.4. The number of amides is 1. The summed E-state index contributed by atoms with van der Waals surface area (Å²) in [4.78, 5) is 16.2. The number of hydrogen-bond donors (Lipinski definition) is 1. The van der Waals surface area contributed by atoms with Gasteiger partial charge in [0.1, 0.15) is 0 Å². The number of pyridine rings is 1. The Hall–Kier alpha value is -2.67. The van der Waals surface area contributed by atoms with Crippen molar-refractivity contribution in [3.63, 3.8) is 0 Å².